The van der Waals surface area contributed by atoms with Crippen LogP contribution in [0.1, 0.15) is 12.5 Å². The standard InChI is InChI=1S/C15H15ClN2/c1-15(11-6-3-2-4-7-11)10-17-13-9-5-8-12(16)14(13)18-15/h2-9,17-18H,10H2,1H3. The summed E-state index contributed by atoms with van der Waals surface area (Å²) in [4.78, 5) is 0. The molecule has 0 saturated heterocycles. The maximum absolute atomic E-state index is 6.25. The van der Waals surface area contributed by atoms with Crippen LogP contribution < -0.4 is 10.6 Å². The minimum atomic E-state index is -0.140. The van der Waals surface area contributed by atoms with Crippen LogP contribution in [-0.2, 0) is 5.54 Å². The molecule has 0 spiro atoms. The maximum Gasteiger partial charge on any atom is 0.0772 e. The SMILES string of the molecule is CC1(c2ccccc2)CNc2cccc(Cl)c2N1. The van der Waals surface area contributed by atoms with E-state index in [4.69, 9.17) is 11.6 Å². The van der Waals surface area contributed by atoms with Gasteiger partial charge in [0.05, 0.1) is 21.9 Å². The highest BCUT2D eigenvalue weighted by atomic mass is 35.5. The summed E-state index contributed by atoms with van der Waals surface area (Å²) in [7, 11) is 0. The van der Waals surface area contributed by atoms with Gasteiger partial charge in [-0.1, -0.05) is 48.0 Å². The molecule has 2 aromatic carbocycles. The number of nitrogens with one attached hydrogen (secondary N) is 2. The predicted octanol–water partition coefficient (Wildman–Crippen LogP) is 4.09. The first-order valence-electron chi connectivity index (χ1n) is 6.05. The lowest BCUT2D eigenvalue weighted by Gasteiger charge is -2.38. The fourth-order valence-corrected chi connectivity index (χ4v) is 2.59. The molecule has 0 radical (unpaired) electrons. The topological polar surface area (TPSA) is 24.1 Å². The van der Waals surface area contributed by atoms with Gasteiger partial charge in [-0.25, -0.2) is 0 Å². The number of rotatable bonds is 1. The lowest BCUT2D eigenvalue weighted by Crippen LogP contribution is -2.42. The number of anilines is 2. The smallest absolute Gasteiger partial charge is 0.0772 e. The molecule has 0 aromatic heterocycles. The Morgan fingerprint density at radius 1 is 1.06 bits per heavy atom. The van der Waals surface area contributed by atoms with Crippen LogP contribution in [0, 0.1) is 0 Å². The molecule has 2 aromatic rings. The van der Waals surface area contributed by atoms with Crippen LogP contribution in [0.25, 0.3) is 0 Å². The van der Waals surface area contributed by atoms with E-state index in [0.29, 0.717) is 0 Å². The summed E-state index contributed by atoms with van der Waals surface area (Å²) < 4.78 is 0. The summed E-state index contributed by atoms with van der Waals surface area (Å²) in [5, 5.41) is 7.76. The monoisotopic (exact) mass is 258 g/mol. The van der Waals surface area contributed by atoms with Gasteiger partial charge in [-0.05, 0) is 24.6 Å². The highest BCUT2D eigenvalue weighted by Crippen LogP contribution is 2.39. The van der Waals surface area contributed by atoms with E-state index in [2.05, 4.69) is 41.8 Å². The van der Waals surface area contributed by atoms with Crippen LogP contribution >= 0.6 is 11.6 Å². The normalized spacial score (nSPS) is 21.7. The summed E-state index contributed by atoms with van der Waals surface area (Å²) in [6.07, 6.45) is 0. The van der Waals surface area contributed by atoms with Crippen molar-refractivity contribution >= 4 is 23.0 Å². The highest BCUT2D eigenvalue weighted by Gasteiger charge is 2.31. The van der Waals surface area contributed by atoms with Crippen molar-refractivity contribution in [1.82, 2.24) is 0 Å². The first-order valence-corrected chi connectivity index (χ1v) is 6.43. The summed E-state index contributed by atoms with van der Waals surface area (Å²) in [6, 6.07) is 16.3. The quantitative estimate of drug-likeness (QED) is 0.805. The molecule has 1 aliphatic heterocycles. The lowest BCUT2D eigenvalue weighted by molar-refractivity contribution is 0.565. The molecule has 18 heavy (non-hydrogen) atoms. The summed E-state index contributed by atoms with van der Waals surface area (Å²) in [6.45, 7) is 3.02. The minimum Gasteiger partial charge on any atom is -0.381 e. The van der Waals surface area contributed by atoms with Crippen molar-refractivity contribution in [3.05, 3.63) is 59.1 Å². The average Bonchev–Trinajstić information content (AvgIpc) is 2.41. The van der Waals surface area contributed by atoms with E-state index in [1.807, 2.05) is 24.3 Å². The van der Waals surface area contributed by atoms with E-state index in [1.165, 1.54) is 5.56 Å². The van der Waals surface area contributed by atoms with Crippen molar-refractivity contribution in [2.75, 3.05) is 17.2 Å². The van der Waals surface area contributed by atoms with Gasteiger partial charge in [0.15, 0.2) is 0 Å². The Kier molecular flexibility index (Phi) is 2.67. The number of halogens is 1. The molecule has 3 rings (SSSR count). The molecule has 1 atom stereocenters. The molecular formula is C15H15ClN2. The van der Waals surface area contributed by atoms with Crippen molar-refractivity contribution in [1.29, 1.82) is 0 Å². The fraction of sp³-hybridized carbons (Fsp3) is 0.200. The van der Waals surface area contributed by atoms with Gasteiger partial charge in [0.25, 0.3) is 0 Å². The van der Waals surface area contributed by atoms with E-state index in [-0.39, 0.29) is 5.54 Å². The van der Waals surface area contributed by atoms with Gasteiger partial charge in [0.1, 0.15) is 0 Å². The van der Waals surface area contributed by atoms with E-state index >= 15 is 0 Å². The third kappa shape index (κ3) is 1.83. The number of hydrogen-bond donors (Lipinski definition) is 2. The van der Waals surface area contributed by atoms with E-state index in [9.17, 15) is 0 Å². The summed E-state index contributed by atoms with van der Waals surface area (Å²) in [5.74, 6) is 0. The number of para-hydroxylation sites is 1. The Bertz CT molecular complexity index is 568. The van der Waals surface area contributed by atoms with Gasteiger partial charge in [0.2, 0.25) is 0 Å². The maximum atomic E-state index is 6.25. The number of hydrogen-bond acceptors (Lipinski definition) is 2. The van der Waals surface area contributed by atoms with Gasteiger partial charge in [0, 0.05) is 6.54 Å². The second-order valence-electron chi connectivity index (χ2n) is 4.84. The molecule has 0 bridgehead atoms. The van der Waals surface area contributed by atoms with E-state index in [0.717, 1.165) is 22.9 Å². The van der Waals surface area contributed by atoms with Crippen molar-refractivity contribution in [2.24, 2.45) is 0 Å². The Morgan fingerprint density at radius 3 is 2.61 bits per heavy atom. The zero-order valence-electron chi connectivity index (χ0n) is 10.2. The van der Waals surface area contributed by atoms with Gasteiger partial charge < -0.3 is 10.6 Å². The first kappa shape index (κ1) is 11.4. The lowest BCUT2D eigenvalue weighted by atomic mass is 9.89. The van der Waals surface area contributed by atoms with Gasteiger partial charge in [-0.2, -0.15) is 0 Å². The summed E-state index contributed by atoms with van der Waals surface area (Å²) in [5.41, 5.74) is 3.16. The molecule has 0 fully saturated rings. The molecule has 3 heteroatoms. The largest absolute Gasteiger partial charge is 0.381 e. The molecule has 1 heterocycles. The number of benzene rings is 2. The van der Waals surface area contributed by atoms with Crippen molar-refractivity contribution in [2.45, 2.75) is 12.5 Å². The molecular weight excluding hydrogens is 244 g/mol. The minimum absolute atomic E-state index is 0.140. The third-order valence-electron chi connectivity index (χ3n) is 3.46. The fourth-order valence-electron chi connectivity index (χ4n) is 2.37. The van der Waals surface area contributed by atoms with Crippen LogP contribution in [-0.4, -0.2) is 6.54 Å². The summed E-state index contributed by atoms with van der Waals surface area (Å²) >= 11 is 6.25. The zero-order chi connectivity index (χ0) is 12.6. The Hall–Kier alpha value is -1.67. The third-order valence-corrected chi connectivity index (χ3v) is 3.77. The molecule has 0 amide bonds. The van der Waals surface area contributed by atoms with Gasteiger partial charge in [-0.15, -0.1) is 0 Å². The molecule has 0 aliphatic carbocycles. The van der Waals surface area contributed by atoms with Crippen LogP contribution in [0.4, 0.5) is 11.4 Å². The van der Waals surface area contributed by atoms with Crippen molar-refractivity contribution in [3.63, 3.8) is 0 Å². The predicted molar refractivity (Wildman–Crippen MR) is 77.4 cm³/mol. The molecule has 1 aliphatic rings. The van der Waals surface area contributed by atoms with Crippen molar-refractivity contribution < 1.29 is 0 Å². The van der Waals surface area contributed by atoms with Crippen LogP contribution in [0.3, 0.4) is 0 Å². The molecule has 0 saturated carbocycles. The molecule has 92 valence electrons. The molecule has 1 unspecified atom stereocenters. The van der Waals surface area contributed by atoms with Crippen LogP contribution in [0.5, 0.6) is 0 Å². The van der Waals surface area contributed by atoms with Gasteiger partial charge in [-0.3, -0.25) is 0 Å². The van der Waals surface area contributed by atoms with Crippen LogP contribution in [0.2, 0.25) is 5.02 Å². The Morgan fingerprint density at radius 2 is 1.83 bits per heavy atom. The van der Waals surface area contributed by atoms with Crippen LogP contribution in [0.15, 0.2) is 48.5 Å². The Labute approximate surface area is 112 Å². The Balaban J connectivity index is 2.02. The average molecular weight is 259 g/mol. The first-order chi connectivity index (χ1) is 8.69. The van der Waals surface area contributed by atoms with E-state index in [1.54, 1.807) is 0 Å². The number of fused-ring (bicyclic) bond motifs is 1. The second kappa shape index (κ2) is 4.21. The van der Waals surface area contributed by atoms with Crippen molar-refractivity contribution in [3.8, 4) is 0 Å². The molecule has 2 nitrogen and oxygen atoms in total. The highest BCUT2D eigenvalue weighted by molar-refractivity contribution is 6.34. The molecule has 2 N–H and O–H groups in total. The second-order valence-corrected chi connectivity index (χ2v) is 5.25. The zero-order valence-corrected chi connectivity index (χ0v) is 11.0. The van der Waals surface area contributed by atoms with E-state index < -0.39 is 0 Å². The van der Waals surface area contributed by atoms with Gasteiger partial charge >= 0.3 is 0 Å².